The van der Waals surface area contributed by atoms with Crippen molar-refractivity contribution in [3.05, 3.63) is 41.0 Å². The van der Waals surface area contributed by atoms with Gasteiger partial charge in [-0.1, -0.05) is 45.0 Å². The van der Waals surface area contributed by atoms with Gasteiger partial charge >= 0.3 is 5.97 Å². The highest BCUT2D eigenvalue weighted by molar-refractivity contribution is 7.13. The van der Waals surface area contributed by atoms with E-state index in [1.807, 2.05) is 57.5 Å². The number of likely N-dealkylation sites (tertiary alicyclic amines) is 1. The molecule has 0 saturated carbocycles. The van der Waals surface area contributed by atoms with Gasteiger partial charge in [0.25, 0.3) is 11.8 Å². The number of hydroxylamine groups is 2. The molecular weight excluding hydrogens is 911 g/mol. The largest absolute Gasteiger partial charge is 0.391 e. The number of nitrogens with zero attached hydrogens (tertiary/aromatic N) is 3. The van der Waals surface area contributed by atoms with Crippen LogP contribution in [0.25, 0.3) is 10.4 Å². The van der Waals surface area contributed by atoms with E-state index in [-0.39, 0.29) is 83.4 Å². The predicted molar refractivity (Wildman–Crippen MR) is 245 cm³/mol. The van der Waals surface area contributed by atoms with Crippen LogP contribution in [0.2, 0.25) is 0 Å². The summed E-state index contributed by atoms with van der Waals surface area (Å²) in [5.41, 5.74) is 4.03. The Bertz CT molecular complexity index is 1840. The average Bonchev–Trinajstić information content (AvgIpc) is 4.02. The molecule has 0 bridgehead atoms. The summed E-state index contributed by atoms with van der Waals surface area (Å²) in [4.78, 5) is 86.3. The molecule has 21 nitrogen and oxygen atoms in total. The summed E-state index contributed by atoms with van der Waals surface area (Å²) in [7, 11) is 0. The molecule has 2 aliphatic rings. The molecule has 0 radical (unpaired) electrons. The van der Waals surface area contributed by atoms with Crippen molar-refractivity contribution < 1.29 is 76.6 Å². The number of benzene rings is 1. The Labute approximate surface area is 401 Å². The van der Waals surface area contributed by atoms with E-state index in [0.717, 1.165) is 21.7 Å². The average molecular weight is 980 g/mol. The Balaban J connectivity index is 0.922. The van der Waals surface area contributed by atoms with Gasteiger partial charge in [-0.3, -0.25) is 24.0 Å². The third-order valence-electron chi connectivity index (χ3n) is 10.4. The molecule has 3 atom stereocenters. The van der Waals surface area contributed by atoms with Crippen molar-refractivity contribution in [1.82, 2.24) is 25.6 Å². The molecule has 2 saturated heterocycles. The zero-order chi connectivity index (χ0) is 49.2. The maximum absolute atomic E-state index is 13.9. The number of ether oxygens (including phenoxy) is 8. The summed E-state index contributed by atoms with van der Waals surface area (Å²) in [5.74, 6) is -2.93. The molecule has 0 unspecified atom stereocenters. The van der Waals surface area contributed by atoms with Crippen LogP contribution in [-0.4, -0.2) is 186 Å². The van der Waals surface area contributed by atoms with Gasteiger partial charge in [-0.05, 0) is 23.5 Å². The van der Waals surface area contributed by atoms with Crippen LogP contribution in [0.4, 0.5) is 0 Å². The van der Waals surface area contributed by atoms with E-state index >= 15 is 0 Å². The normalized spacial score (nSPS) is 16.7. The summed E-state index contributed by atoms with van der Waals surface area (Å²) in [6.07, 6.45) is -0.750. The van der Waals surface area contributed by atoms with E-state index in [0.29, 0.717) is 84.3 Å². The number of aryl methyl sites for hydroxylation is 1. The van der Waals surface area contributed by atoms with Crippen LogP contribution in [0, 0.1) is 12.3 Å². The number of rotatable bonds is 34. The minimum Gasteiger partial charge on any atom is -0.391 e. The molecule has 2 fully saturated rings. The highest BCUT2D eigenvalue weighted by atomic mass is 32.1. The molecule has 1 aromatic carbocycles. The predicted octanol–water partition coefficient (Wildman–Crippen LogP) is 1.75. The minimum atomic E-state index is -0.933. The first-order chi connectivity index (χ1) is 32.7. The molecule has 68 heavy (non-hydrogen) atoms. The van der Waals surface area contributed by atoms with Gasteiger partial charge in [-0.15, -0.1) is 16.4 Å². The van der Waals surface area contributed by atoms with Crippen LogP contribution in [0.5, 0.6) is 0 Å². The van der Waals surface area contributed by atoms with Gasteiger partial charge in [0.15, 0.2) is 0 Å². The number of aliphatic hydroxyl groups is 1. The summed E-state index contributed by atoms with van der Waals surface area (Å²) in [6, 6.07) is 6.04. The maximum atomic E-state index is 13.9. The third-order valence-corrected chi connectivity index (χ3v) is 11.4. The molecule has 22 heteroatoms. The van der Waals surface area contributed by atoms with Gasteiger partial charge < -0.3 is 63.4 Å². The monoisotopic (exact) mass is 979 g/mol. The van der Waals surface area contributed by atoms with Crippen molar-refractivity contribution in [3.63, 3.8) is 0 Å². The Morgan fingerprint density at radius 2 is 1.21 bits per heavy atom. The van der Waals surface area contributed by atoms with Crippen LogP contribution in [0.1, 0.15) is 64.1 Å². The molecule has 0 aliphatic carbocycles. The van der Waals surface area contributed by atoms with Crippen molar-refractivity contribution >= 4 is 46.8 Å². The third kappa shape index (κ3) is 20.6. The number of amides is 5. The second-order valence-electron chi connectivity index (χ2n) is 16.9. The second-order valence-corrected chi connectivity index (χ2v) is 17.7. The van der Waals surface area contributed by atoms with Gasteiger partial charge in [-0.25, -0.2) is 9.78 Å². The Kier molecular flexibility index (Phi) is 25.5. The van der Waals surface area contributed by atoms with Gasteiger partial charge in [0.2, 0.25) is 17.7 Å². The summed E-state index contributed by atoms with van der Waals surface area (Å²) in [5, 5.41) is 16.8. The van der Waals surface area contributed by atoms with Gasteiger partial charge in [-0.2, -0.15) is 0 Å². The Hall–Kier alpha value is -4.49. The van der Waals surface area contributed by atoms with Crippen LogP contribution in [-0.2, 0) is 78.0 Å². The number of thiazole rings is 1. The minimum absolute atomic E-state index is 0.0103. The van der Waals surface area contributed by atoms with E-state index in [4.69, 9.17) is 42.7 Å². The first-order valence-electron chi connectivity index (χ1n) is 23.0. The topological polar surface area (TPSA) is 249 Å². The fourth-order valence-corrected chi connectivity index (χ4v) is 7.59. The van der Waals surface area contributed by atoms with Gasteiger partial charge in [0.05, 0.1) is 134 Å². The van der Waals surface area contributed by atoms with Crippen molar-refractivity contribution in [1.29, 1.82) is 0 Å². The summed E-state index contributed by atoms with van der Waals surface area (Å²) >= 11 is 1.57. The number of imide groups is 1. The fourth-order valence-electron chi connectivity index (χ4n) is 6.78. The molecular formula is C46H69N5O16S. The van der Waals surface area contributed by atoms with E-state index in [2.05, 4.69) is 15.6 Å². The number of aliphatic hydroxyl groups excluding tert-OH is 1. The zero-order valence-corrected chi connectivity index (χ0v) is 40.5. The lowest BCUT2D eigenvalue weighted by Crippen LogP contribution is -2.57. The number of nitrogens with one attached hydrogen (secondary N) is 2. The van der Waals surface area contributed by atoms with Crippen LogP contribution in [0.15, 0.2) is 29.8 Å². The SMILES string of the molecule is Cc1ncsc1-c1ccc(CNC(=O)[C@@H]2C[C@@H](O)CN2C(=O)[C@@H](NC(=O)CCOCCOCCOCCOCCOCCOCCOCCOCCC(=O)ON2C(=O)CCC2=O)C(C)(C)C)cc1. The van der Waals surface area contributed by atoms with E-state index in [1.54, 1.807) is 11.3 Å². The number of carbonyl (C=O) groups is 6. The van der Waals surface area contributed by atoms with Crippen molar-refractivity contribution in [2.24, 2.45) is 5.41 Å². The van der Waals surface area contributed by atoms with E-state index in [9.17, 15) is 33.9 Å². The molecule has 1 aromatic heterocycles. The lowest BCUT2D eigenvalue weighted by molar-refractivity contribution is -0.198. The lowest BCUT2D eigenvalue weighted by Gasteiger charge is -2.35. The molecule has 2 aliphatic heterocycles. The highest BCUT2D eigenvalue weighted by Gasteiger charge is 2.44. The number of β-amino-alcohol motifs (C(OH)–C–C–N with tert-alkyl or cyclic N) is 1. The zero-order valence-electron chi connectivity index (χ0n) is 39.7. The maximum Gasteiger partial charge on any atom is 0.335 e. The quantitative estimate of drug-likeness (QED) is 0.0668. The molecule has 3 N–H and O–H groups in total. The van der Waals surface area contributed by atoms with Crippen molar-refractivity contribution in [2.75, 3.05) is 112 Å². The second kappa shape index (κ2) is 30.9. The first kappa shape index (κ1) is 56.1. The van der Waals surface area contributed by atoms with Crippen molar-refractivity contribution in [3.8, 4) is 10.4 Å². The Morgan fingerprint density at radius 3 is 1.66 bits per heavy atom. The van der Waals surface area contributed by atoms with Crippen LogP contribution < -0.4 is 10.6 Å². The molecule has 5 amide bonds. The van der Waals surface area contributed by atoms with Crippen LogP contribution >= 0.6 is 11.3 Å². The standard InChI is InChI=1S/C46H69N5O16S/c1-33-42(68-32-48-33)35-7-5-34(6-8-35)30-47-44(57)37-29-36(52)31-50(37)45(58)43(46(2,3)4)49-38(53)11-13-59-15-17-61-19-21-63-23-25-65-27-28-66-26-24-64-22-20-62-18-16-60-14-12-41(56)67-51-39(54)9-10-40(51)55/h5-8,32,36-37,43,52H,9-31H2,1-4H3,(H,47,57)(H,49,53)/t36-,37+,43-/m1/s1. The Morgan fingerprint density at radius 1 is 0.735 bits per heavy atom. The van der Waals surface area contributed by atoms with Gasteiger partial charge in [0.1, 0.15) is 12.1 Å². The highest BCUT2D eigenvalue weighted by Crippen LogP contribution is 2.28. The first-order valence-corrected chi connectivity index (χ1v) is 23.9. The number of aromatic nitrogens is 1. The smallest absolute Gasteiger partial charge is 0.335 e. The summed E-state index contributed by atoms with van der Waals surface area (Å²) in [6.45, 7) is 13.0. The van der Waals surface area contributed by atoms with E-state index < -0.39 is 47.3 Å². The molecule has 3 heterocycles. The molecule has 0 spiro atoms. The molecule has 4 rings (SSSR count). The lowest BCUT2D eigenvalue weighted by atomic mass is 9.85. The molecule has 2 aromatic rings. The number of carbonyl (C=O) groups excluding carboxylic acids is 6. The van der Waals surface area contributed by atoms with Gasteiger partial charge in [0, 0.05) is 38.8 Å². The number of hydrogen-bond donors (Lipinski definition) is 3. The van der Waals surface area contributed by atoms with Crippen molar-refractivity contribution in [2.45, 2.75) is 84.5 Å². The van der Waals surface area contributed by atoms with E-state index in [1.165, 1.54) is 4.90 Å². The fraction of sp³-hybridized carbons (Fsp3) is 0.674. The summed E-state index contributed by atoms with van der Waals surface area (Å²) < 4.78 is 43.7. The molecule has 380 valence electrons. The number of hydrogen-bond acceptors (Lipinski definition) is 18. The van der Waals surface area contributed by atoms with Crippen LogP contribution in [0.3, 0.4) is 0 Å².